The summed E-state index contributed by atoms with van der Waals surface area (Å²) in [6.07, 6.45) is 6.43. The predicted molar refractivity (Wildman–Crippen MR) is 82.4 cm³/mol. The number of benzene rings is 1. The van der Waals surface area contributed by atoms with Crippen LogP contribution in [0.1, 0.15) is 63.0 Å². The Balaban J connectivity index is 1.93. The summed E-state index contributed by atoms with van der Waals surface area (Å²) in [5, 5.41) is 0. The van der Waals surface area contributed by atoms with Crippen molar-refractivity contribution in [2.45, 2.75) is 58.4 Å². The first-order valence-electron chi connectivity index (χ1n) is 7.55. The molecule has 1 aliphatic rings. The van der Waals surface area contributed by atoms with Crippen molar-refractivity contribution in [2.75, 3.05) is 0 Å². The van der Waals surface area contributed by atoms with Gasteiger partial charge in [-0.2, -0.15) is 0 Å². The van der Waals surface area contributed by atoms with Gasteiger partial charge in [-0.15, -0.1) is 0 Å². The van der Waals surface area contributed by atoms with Crippen molar-refractivity contribution in [1.82, 2.24) is 0 Å². The summed E-state index contributed by atoms with van der Waals surface area (Å²) in [6, 6.07) is 8.75. The molecule has 0 heterocycles. The van der Waals surface area contributed by atoms with E-state index in [2.05, 4.69) is 43.1 Å². The van der Waals surface area contributed by atoms with Crippen LogP contribution in [-0.4, -0.2) is 5.84 Å². The molecule has 1 saturated carbocycles. The van der Waals surface area contributed by atoms with Crippen LogP contribution in [0.2, 0.25) is 0 Å². The molecule has 0 aromatic heterocycles. The van der Waals surface area contributed by atoms with E-state index in [1.807, 2.05) is 0 Å². The molecule has 0 spiro atoms. The zero-order valence-corrected chi connectivity index (χ0v) is 12.2. The van der Waals surface area contributed by atoms with E-state index in [1.165, 1.54) is 43.2 Å². The molecule has 0 amide bonds. The molecule has 2 N–H and O–H groups in total. The van der Waals surface area contributed by atoms with Crippen molar-refractivity contribution in [1.29, 1.82) is 0 Å². The SMILES string of the molecule is CC(C)c1ccc(CN=C(N)C2CCCCC2)cc1. The summed E-state index contributed by atoms with van der Waals surface area (Å²) in [5.41, 5.74) is 8.76. The molecule has 0 aliphatic heterocycles. The van der Waals surface area contributed by atoms with Crippen LogP contribution in [0.5, 0.6) is 0 Å². The largest absolute Gasteiger partial charge is 0.387 e. The summed E-state index contributed by atoms with van der Waals surface area (Å²) in [7, 11) is 0. The smallest absolute Gasteiger partial charge is 0.0972 e. The van der Waals surface area contributed by atoms with Gasteiger partial charge in [-0.3, -0.25) is 4.99 Å². The molecule has 19 heavy (non-hydrogen) atoms. The molecule has 1 aliphatic carbocycles. The molecule has 2 rings (SSSR count). The van der Waals surface area contributed by atoms with Crippen molar-refractivity contribution in [3.63, 3.8) is 0 Å². The van der Waals surface area contributed by atoms with Gasteiger partial charge in [0.25, 0.3) is 0 Å². The highest BCUT2D eigenvalue weighted by Crippen LogP contribution is 2.24. The third-order valence-corrected chi connectivity index (χ3v) is 4.11. The van der Waals surface area contributed by atoms with Gasteiger partial charge in [0, 0.05) is 5.92 Å². The summed E-state index contributed by atoms with van der Waals surface area (Å²) in [6.45, 7) is 5.16. The molecule has 2 nitrogen and oxygen atoms in total. The average molecular weight is 258 g/mol. The minimum Gasteiger partial charge on any atom is -0.387 e. The molecule has 0 atom stereocenters. The highest BCUT2D eigenvalue weighted by Gasteiger charge is 2.16. The Morgan fingerprint density at radius 3 is 2.37 bits per heavy atom. The van der Waals surface area contributed by atoms with Crippen LogP contribution in [0.4, 0.5) is 0 Å². The van der Waals surface area contributed by atoms with Crippen LogP contribution in [-0.2, 0) is 6.54 Å². The lowest BCUT2D eigenvalue weighted by Gasteiger charge is -2.20. The molecule has 0 bridgehead atoms. The highest BCUT2D eigenvalue weighted by atomic mass is 14.9. The third-order valence-electron chi connectivity index (χ3n) is 4.11. The number of amidine groups is 1. The maximum absolute atomic E-state index is 6.12. The maximum Gasteiger partial charge on any atom is 0.0972 e. The lowest BCUT2D eigenvalue weighted by Crippen LogP contribution is -2.25. The van der Waals surface area contributed by atoms with Crippen molar-refractivity contribution in [3.8, 4) is 0 Å². The number of aliphatic imine (C=N–C) groups is 1. The second kappa shape index (κ2) is 6.74. The zero-order chi connectivity index (χ0) is 13.7. The lowest BCUT2D eigenvalue weighted by atomic mass is 9.88. The Kier molecular flexibility index (Phi) is 5.00. The Labute approximate surface area is 117 Å². The van der Waals surface area contributed by atoms with Crippen LogP contribution in [0.25, 0.3) is 0 Å². The van der Waals surface area contributed by atoms with Gasteiger partial charge in [-0.05, 0) is 29.9 Å². The van der Waals surface area contributed by atoms with Crippen molar-refractivity contribution in [2.24, 2.45) is 16.6 Å². The molecule has 2 heteroatoms. The molecule has 1 aromatic rings. The minimum atomic E-state index is 0.531. The van der Waals surface area contributed by atoms with E-state index < -0.39 is 0 Å². The normalized spacial score (nSPS) is 17.9. The van der Waals surface area contributed by atoms with E-state index in [-0.39, 0.29) is 0 Å². The summed E-state index contributed by atoms with van der Waals surface area (Å²) in [5.74, 6) is 1.99. The fraction of sp³-hybridized carbons (Fsp3) is 0.588. The van der Waals surface area contributed by atoms with Crippen molar-refractivity contribution >= 4 is 5.84 Å². The summed E-state index contributed by atoms with van der Waals surface area (Å²) >= 11 is 0. The van der Waals surface area contributed by atoms with Gasteiger partial charge in [0.15, 0.2) is 0 Å². The van der Waals surface area contributed by atoms with Gasteiger partial charge < -0.3 is 5.73 Å². The summed E-state index contributed by atoms with van der Waals surface area (Å²) in [4.78, 5) is 4.59. The van der Waals surface area contributed by atoms with Crippen LogP contribution in [0.15, 0.2) is 29.3 Å². The van der Waals surface area contributed by atoms with Gasteiger partial charge >= 0.3 is 0 Å². The molecule has 0 unspecified atom stereocenters. The van der Waals surface area contributed by atoms with E-state index in [9.17, 15) is 0 Å². The predicted octanol–water partition coefficient (Wildman–Crippen LogP) is 4.25. The van der Waals surface area contributed by atoms with Crippen molar-refractivity contribution in [3.05, 3.63) is 35.4 Å². The minimum absolute atomic E-state index is 0.531. The molecule has 0 saturated heterocycles. The van der Waals surface area contributed by atoms with E-state index in [4.69, 9.17) is 5.73 Å². The van der Waals surface area contributed by atoms with E-state index in [1.54, 1.807) is 0 Å². The van der Waals surface area contributed by atoms with Crippen LogP contribution < -0.4 is 5.73 Å². The zero-order valence-electron chi connectivity index (χ0n) is 12.2. The average Bonchev–Trinajstić information content (AvgIpc) is 2.46. The van der Waals surface area contributed by atoms with Crippen LogP contribution in [0.3, 0.4) is 0 Å². The number of nitrogens with zero attached hydrogens (tertiary/aromatic N) is 1. The Hall–Kier alpha value is -1.31. The van der Waals surface area contributed by atoms with E-state index >= 15 is 0 Å². The molecular formula is C17H26N2. The second-order valence-electron chi connectivity index (χ2n) is 5.97. The molecule has 104 valence electrons. The number of hydrogen-bond donors (Lipinski definition) is 1. The number of hydrogen-bond acceptors (Lipinski definition) is 1. The Bertz CT molecular complexity index is 411. The monoisotopic (exact) mass is 258 g/mol. The first kappa shape index (κ1) is 14.1. The van der Waals surface area contributed by atoms with Gasteiger partial charge in [0.05, 0.1) is 12.4 Å². The fourth-order valence-electron chi connectivity index (χ4n) is 2.72. The van der Waals surface area contributed by atoms with E-state index in [0.29, 0.717) is 11.8 Å². The Morgan fingerprint density at radius 1 is 1.16 bits per heavy atom. The van der Waals surface area contributed by atoms with Gasteiger partial charge in [0.1, 0.15) is 0 Å². The summed E-state index contributed by atoms with van der Waals surface area (Å²) < 4.78 is 0. The Morgan fingerprint density at radius 2 is 1.79 bits per heavy atom. The van der Waals surface area contributed by atoms with Gasteiger partial charge in [0.2, 0.25) is 0 Å². The van der Waals surface area contributed by atoms with Crippen molar-refractivity contribution < 1.29 is 0 Å². The quantitative estimate of drug-likeness (QED) is 0.636. The molecule has 1 fully saturated rings. The number of rotatable bonds is 4. The van der Waals surface area contributed by atoms with Gasteiger partial charge in [-0.1, -0.05) is 57.4 Å². The molecular weight excluding hydrogens is 232 g/mol. The molecule has 1 aromatic carbocycles. The third kappa shape index (κ3) is 4.09. The first-order valence-corrected chi connectivity index (χ1v) is 7.55. The van der Waals surface area contributed by atoms with Crippen LogP contribution >= 0.6 is 0 Å². The number of nitrogens with two attached hydrogens (primary N) is 1. The molecule has 0 radical (unpaired) electrons. The highest BCUT2D eigenvalue weighted by molar-refractivity contribution is 5.82. The lowest BCUT2D eigenvalue weighted by molar-refractivity contribution is 0.436. The van der Waals surface area contributed by atoms with E-state index in [0.717, 1.165) is 12.4 Å². The first-order chi connectivity index (χ1) is 9.16. The van der Waals surface area contributed by atoms with Gasteiger partial charge in [-0.25, -0.2) is 0 Å². The fourth-order valence-corrected chi connectivity index (χ4v) is 2.72. The maximum atomic E-state index is 6.12. The standard InChI is InChI=1S/C17H26N2/c1-13(2)15-10-8-14(9-11-15)12-19-17(18)16-6-4-3-5-7-16/h8-11,13,16H,3-7,12H2,1-2H3,(H2,18,19). The topological polar surface area (TPSA) is 38.4 Å². The van der Waals surface area contributed by atoms with Crippen LogP contribution in [0, 0.1) is 5.92 Å². The second-order valence-corrected chi connectivity index (χ2v) is 5.97.